The minimum atomic E-state index is -3.64. The molecule has 0 aliphatic rings. The van der Waals surface area contributed by atoms with Crippen molar-refractivity contribution in [3.05, 3.63) is 90.0 Å². The van der Waals surface area contributed by atoms with Crippen LogP contribution in [0.5, 0.6) is 5.75 Å². The van der Waals surface area contributed by atoms with Crippen LogP contribution < -0.4 is 14.8 Å². The molecule has 0 spiro atoms. The normalized spacial score (nSPS) is 12.2. The lowest BCUT2D eigenvalue weighted by Crippen LogP contribution is -2.31. The van der Waals surface area contributed by atoms with Crippen LogP contribution in [0.1, 0.15) is 24.1 Å². The third-order valence-corrected chi connectivity index (χ3v) is 6.97. The number of carbonyl (C=O) groups is 1. The number of carbonyl (C=O) groups excluding carboxylic acids is 1. The van der Waals surface area contributed by atoms with E-state index in [1.54, 1.807) is 11.8 Å². The van der Waals surface area contributed by atoms with Gasteiger partial charge in [-0.15, -0.1) is 11.8 Å². The zero-order chi connectivity index (χ0) is 23.0. The summed E-state index contributed by atoms with van der Waals surface area (Å²) in [6.07, 6.45) is 2.01. The highest BCUT2D eigenvalue weighted by Crippen LogP contribution is 2.19. The smallest absolute Gasteiger partial charge is 0.258 e. The first-order valence-corrected chi connectivity index (χ1v) is 12.8. The predicted molar refractivity (Wildman–Crippen MR) is 127 cm³/mol. The molecule has 0 saturated carbocycles. The van der Waals surface area contributed by atoms with Gasteiger partial charge >= 0.3 is 0 Å². The van der Waals surface area contributed by atoms with Gasteiger partial charge in [-0.1, -0.05) is 42.5 Å². The van der Waals surface area contributed by atoms with Gasteiger partial charge in [-0.25, -0.2) is 13.1 Å². The molecule has 3 rings (SSSR count). The first-order valence-electron chi connectivity index (χ1n) is 10.1. The van der Waals surface area contributed by atoms with Crippen molar-refractivity contribution in [3.8, 4) is 5.75 Å². The molecule has 2 N–H and O–H groups in total. The van der Waals surface area contributed by atoms with E-state index >= 15 is 0 Å². The van der Waals surface area contributed by atoms with Gasteiger partial charge < -0.3 is 10.1 Å². The molecule has 6 nitrogen and oxygen atoms in total. The summed E-state index contributed by atoms with van der Waals surface area (Å²) in [4.78, 5) is 13.5. The second-order valence-corrected chi connectivity index (χ2v) is 9.78. The molecule has 0 fully saturated rings. The highest BCUT2D eigenvalue weighted by Gasteiger charge is 2.14. The van der Waals surface area contributed by atoms with Crippen LogP contribution in [-0.4, -0.2) is 27.2 Å². The number of ether oxygens (including phenoxy) is 1. The summed E-state index contributed by atoms with van der Waals surface area (Å²) in [5, 5.41) is 2.90. The molecule has 168 valence electrons. The van der Waals surface area contributed by atoms with E-state index in [0.717, 1.165) is 16.0 Å². The van der Waals surface area contributed by atoms with E-state index < -0.39 is 10.0 Å². The Labute approximate surface area is 193 Å². The van der Waals surface area contributed by atoms with E-state index in [2.05, 4.69) is 10.0 Å². The van der Waals surface area contributed by atoms with Crippen LogP contribution in [0.3, 0.4) is 0 Å². The molecule has 3 aromatic carbocycles. The van der Waals surface area contributed by atoms with Crippen LogP contribution in [0.25, 0.3) is 0 Å². The lowest BCUT2D eigenvalue weighted by atomic mass is 10.1. The number of rotatable bonds is 10. The molecule has 0 bridgehead atoms. The molecule has 8 heteroatoms. The molecule has 0 heterocycles. The molecular formula is C24H26N2O4S2. The fourth-order valence-corrected chi connectivity index (χ4v) is 4.41. The summed E-state index contributed by atoms with van der Waals surface area (Å²) >= 11 is 1.66. The summed E-state index contributed by atoms with van der Waals surface area (Å²) in [6, 6.07) is 23.1. The van der Waals surface area contributed by atoms with Crippen molar-refractivity contribution in [2.45, 2.75) is 29.3 Å². The van der Waals surface area contributed by atoms with E-state index in [1.807, 2.05) is 67.8 Å². The average Bonchev–Trinajstić information content (AvgIpc) is 2.82. The molecule has 0 radical (unpaired) electrons. The number of hydrogen-bond acceptors (Lipinski definition) is 5. The highest BCUT2D eigenvalue weighted by atomic mass is 32.2. The third-order valence-electron chi connectivity index (χ3n) is 4.81. The first kappa shape index (κ1) is 23.8. The molecule has 0 aromatic heterocycles. The van der Waals surface area contributed by atoms with Crippen molar-refractivity contribution in [1.29, 1.82) is 0 Å². The zero-order valence-electron chi connectivity index (χ0n) is 17.9. The van der Waals surface area contributed by atoms with Gasteiger partial charge in [0.1, 0.15) is 5.75 Å². The van der Waals surface area contributed by atoms with Gasteiger partial charge in [0.05, 0.1) is 10.9 Å². The molecule has 0 aliphatic carbocycles. The maximum absolute atomic E-state index is 12.5. The minimum Gasteiger partial charge on any atom is -0.484 e. The molecule has 1 atom stereocenters. The van der Waals surface area contributed by atoms with Crippen molar-refractivity contribution in [2.24, 2.45) is 0 Å². The van der Waals surface area contributed by atoms with Gasteiger partial charge in [0.25, 0.3) is 5.91 Å². The second kappa shape index (κ2) is 11.2. The van der Waals surface area contributed by atoms with Gasteiger partial charge in [-0.3, -0.25) is 4.79 Å². The average molecular weight is 471 g/mol. The Bertz CT molecular complexity index is 1120. The first-order chi connectivity index (χ1) is 15.4. The van der Waals surface area contributed by atoms with E-state index in [0.29, 0.717) is 5.75 Å². The fourth-order valence-electron chi connectivity index (χ4n) is 2.98. The van der Waals surface area contributed by atoms with Crippen LogP contribution in [0.15, 0.2) is 88.7 Å². The number of benzene rings is 3. The van der Waals surface area contributed by atoms with Crippen molar-refractivity contribution in [1.82, 2.24) is 10.0 Å². The Balaban J connectivity index is 1.49. The molecule has 1 amide bonds. The van der Waals surface area contributed by atoms with Crippen molar-refractivity contribution >= 4 is 27.7 Å². The monoisotopic (exact) mass is 470 g/mol. The summed E-state index contributed by atoms with van der Waals surface area (Å²) in [6.45, 7) is 1.96. The third kappa shape index (κ3) is 6.85. The Morgan fingerprint density at radius 3 is 2.25 bits per heavy atom. The van der Waals surface area contributed by atoms with Crippen molar-refractivity contribution < 1.29 is 17.9 Å². The largest absolute Gasteiger partial charge is 0.484 e. The Hall–Kier alpha value is -2.81. The molecule has 0 aliphatic heterocycles. The van der Waals surface area contributed by atoms with Crippen molar-refractivity contribution in [3.63, 3.8) is 0 Å². The fraction of sp³-hybridized carbons (Fsp3) is 0.208. The van der Waals surface area contributed by atoms with Crippen LogP contribution >= 0.6 is 11.8 Å². The highest BCUT2D eigenvalue weighted by molar-refractivity contribution is 7.98. The molecule has 3 aromatic rings. The predicted octanol–water partition coefficient (Wildman–Crippen LogP) is 4.14. The summed E-state index contributed by atoms with van der Waals surface area (Å²) < 4.78 is 33.0. The summed E-state index contributed by atoms with van der Waals surface area (Å²) in [7, 11) is -3.64. The van der Waals surface area contributed by atoms with Gasteiger partial charge in [0, 0.05) is 11.4 Å². The number of amides is 1. The number of sulfonamides is 1. The van der Waals surface area contributed by atoms with E-state index in [4.69, 9.17) is 4.74 Å². The van der Waals surface area contributed by atoms with Gasteiger partial charge in [0.2, 0.25) is 10.0 Å². The molecule has 32 heavy (non-hydrogen) atoms. The molecule has 0 saturated heterocycles. The van der Waals surface area contributed by atoms with Crippen LogP contribution in [0.4, 0.5) is 0 Å². The number of thioether (sulfide) groups is 1. The zero-order valence-corrected chi connectivity index (χ0v) is 19.6. The Kier molecular flexibility index (Phi) is 8.33. The summed E-state index contributed by atoms with van der Waals surface area (Å²) in [5.74, 6) is 0.159. The Morgan fingerprint density at radius 1 is 0.969 bits per heavy atom. The quantitative estimate of drug-likeness (QED) is 0.435. The maximum Gasteiger partial charge on any atom is 0.258 e. The Morgan fingerprint density at radius 2 is 1.62 bits per heavy atom. The molecule has 0 unspecified atom stereocenters. The van der Waals surface area contributed by atoms with Gasteiger partial charge in [0.15, 0.2) is 6.61 Å². The van der Waals surface area contributed by atoms with Gasteiger partial charge in [-0.05, 0) is 60.7 Å². The topological polar surface area (TPSA) is 84.5 Å². The number of nitrogens with one attached hydrogen (secondary N) is 2. The standard InChI is InChI=1S/C24H26N2O4S2/c1-18(20-8-12-22(31-2)13-9-20)26-24(27)17-30-21-10-14-23(15-11-21)32(28,29)25-16-19-6-4-3-5-7-19/h3-15,18,25H,16-17H2,1-2H3,(H,26,27)/t18-/m0/s1. The van der Waals surface area contributed by atoms with E-state index in [9.17, 15) is 13.2 Å². The number of hydrogen-bond donors (Lipinski definition) is 2. The van der Waals surface area contributed by atoms with Crippen molar-refractivity contribution in [2.75, 3.05) is 12.9 Å². The SMILES string of the molecule is CSc1ccc([C@H](C)NC(=O)COc2ccc(S(=O)(=O)NCc3ccccc3)cc2)cc1. The maximum atomic E-state index is 12.5. The van der Waals surface area contributed by atoms with Crippen LogP contribution in [-0.2, 0) is 21.4 Å². The van der Waals surface area contributed by atoms with Gasteiger partial charge in [-0.2, -0.15) is 0 Å². The summed E-state index contributed by atoms with van der Waals surface area (Å²) in [5.41, 5.74) is 1.88. The second-order valence-electron chi connectivity index (χ2n) is 7.13. The van der Waals surface area contributed by atoms with E-state index in [1.165, 1.54) is 24.3 Å². The van der Waals surface area contributed by atoms with E-state index in [-0.39, 0.29) is 30.0 Å². The van der Waals surface area contributed by atoms with Crippen LogP contribution in [0.2, 0.25) is 0 Å². The minimum absolute atomic E-state index is 0.132. The lowest BCUT2D eigenvalue weighted by molar-refractivity contribution is -0.123. The van der Waals surface area contributed by atoms with Crippen LogP contribution in [0, 0.1) is 0 Å². The molecular weight excluding hydrogens is 444 g/mol. The lowest BCUT2D eigenvalue weighted by Gasteiger charge is -2.15.